The zero-order valence-corrected chi connectivity index (χ0v) is 21.7. The highest BCUT2D eigenvalue weighted by Gasteiger charge is 2.33. The van der Waals surface area contributed by atoms with E-state index in [1.54, 1.807) is 0 Å². The van der Waals surface area contributed by atoms with Gasteiger partial charge < -0.3 is 14.6 Å². The zero-order chi connectivity index (χ0) is 24.8. The Kier molecular flexibility index (Phi) is 8.37. The van der Waals surface area contributed by atoms with Gasteiger partial charge in [-0.3, -0.25) is 9.58 Å². The summed E-state index contributed by atoms with van der Waals surface area (Å²) in [6.45, 7) is 10.3. The summed E-state index contributed by atoms with van der Waals surface area (Å²) in [4.78, 5) is 2.38. The monoisotopic (exact) mass is 497 g/mol. The van der Waals surface area contributed by atoms with Gasteiger partial charge in [0, 0.05) is 43.8 Å². The Morgan fingerprint density at radius 3 is 2.29 bits per heavy atom. The molecule has 1 aromatic heterocycles. The predicted molar refractivity (Wildman–Crippen MR) is 139 cm³/mol. The van der Waals surface area contributed by atoms with E-state index in [0.717, 1.165) is 65.9 Å². The molecule has 6 nitrogen and oxygen atoms in total. The average Bonchev–Trinajstić information content (AvgIpc) is 3.26. The van der Waals surface area contributed by atoms with Crippen LogP contribution in [0.4, 0.5) is 0 Å². The summed E-state index contributed by atoms with van der Waals surface area (Å²) in [5.74, 6) is 1.65. The van der Waals surface area contributed by atoms with Crippen LogP contribution in [0.1, 0.15) is 41.6 Å². The van der Waals surface area contributed by atoms with Crippen molar-refractivity contribution >= 4 is 11.6 Å². The Labute approximate surface area is 213 Å². The summed E-state index contributed by atoms with van der Waals surface area (Å²) in [5.41, 5.74) is 3.47. The number of aromatic nitrogens is 2. The molecule has 2 heterocycles. The molecule has 35 heavy (non-hydrogen) atoms. The maximum Gasteiger partial charge on any atom is 0.120 e. The number of likely N-dealkylation sites (tertiary alicyclic amines) is 1. The number of rotatable bonds is 10. The Morgan fingerprint density at radius 1 is 0.971 bits per heavy atom. The molecule has 1 fully saturated rings. The molecule has 0 aliphatic carbocycles. The van der Waals surface area contributed by atoms with Gasteiger partial charge in [0.15, 0.2) is 0 Å². The summed E-state index contributed by atoms with van der Waals surface area (Å²) in [5, 5.41) is 16.2. The van der Waals surface area contributed by atoms with Crippen LogP contribution < -0.4 is 9.47 Å². The number of ether oxygens (including phenoxy) is 2. The first-order chi connectivity index (χ1) is 16.8. The van der Waals surface area contributed by atoms with Gasteiger partial charge in [0.25, 0.3) is 0 Å². The van der Waals surface area contributed by atoms with Crippen molar-refractivity contribution in [3.8, 4) is 11.5 Å². The highest BCUT2D eigenvalue weighted by molar-refractivity contribution is 6.32. The van der Waals surface area contributed by atoms with Gasteiger partial charge in [-0.2, -0.15) is 5.10 Å². The molecule has 0 atom stereocenters. The van der Waals surface area contributed by atoms with Crippen LogP contribution in [0.5, 0.6) is 11.5 Å². The van der Waals surface area contributed by atoms with Crippen molar-refractivity contribution < 1.29 is 14.6 Å². The van der Waals surface area contributed by atoms with Crippen molar-refractivity contribution in [1.82, 2.24) is 14.7 Å². The second-order valence-electron chi connectivity index (χ2n) is 9.73. The third-order valence-electron chi connectivity index (χ3n) is 6.61. The third kappa shape index (κ3) is 7.23. The van der Waals surface area contributed by atoms with Crippen molar-refractivity contribution in [2.75, 3.05) is 26.3 Å². The first-order valence-corrected chi connectivity index (χ1v) is 12.7. The number of aliphatic hydroxyl groups is 1. The van der Waals surface area contributed by atoms with Crippen LogP contribution >= 0.6 is 11.6 Å². The number of nitrogens with zero attached hydrogens (tertiary/aromatic N) is 3. The van der Waals surface area contributed by atoms with Gasteiger partial charge in [-0.15, -0.1) is 0 Å². The van der Waals surface area contributed by atoms with Gasteiger partial charge in [-0.05, 0) is 80.6 Å². The van der Waals surface area contributed by atoms with Gasteiger partial charge in [0.1, 0.15) is 23.7 Å². The molecule has 0 radical (unpaired) electrons. The van der Waals surface area contributed by atoms with Crippen LogP contribution in [-0.4, -0.2) is 51.7 Å². The molecule has 1 aliphatic heterocycles. The Bertz CT molecular complexity index is 1080. The number of halogens is 1. The fourth-order valence-corrected chi connectivity index (χ4v) is 4.54. The summed E-state index contributed by atoms with van der Waals surface area (Å²) >= 11 is 6.25. The van der Waals surface area contributed by atoms with Crippen molar-refractivity contribution in [3.63, 3.8) is 0 Å². The van der Waals surface area contributed by atoms with E-state index in [1.807, 2.05) is 62.0 Å². The lowest BCUT2D eigenvalue weighted by Gasteiger charge is -2.38. The van der Waals surface area contributed by atoms with E-state index in [4.69, 9.17) is 21.1 Å². The van der Waals surface area contributed by atoms with Crippen molar-refractivity contribution in [2.24, 2.45) is 0 Å². The Balaban J connectivity index is 1.17. The Morgan fingerprint density at radius 2 is 1.66 bits per heavy atom. The number of piperidine rings is 1. The molecule has 0 spiro atoms. The van der Waals surface area contributed by atoms with Crippen LogP contribution in [0.15, 0.2) is 48.7 Å². The summed E-state index contributed by atoms with van der Waals surface area (Å²) < 4.78 is 13.8. The molecule has 3 aromatic rings. The quantitative estimate of drug-likeness (QED) is 0.383. The van der Waals surface area contributed by atoms with E-state index >= 15 is 0 Å². The van der Waals surface area contributed by atoms with E-state index < -0.39 is 5.60 Å². The van der Waals surface area contributed by atoms with Crippen LogP contribution in [0.2, 0.25) is 5.02 Å². The number of hydrogen-bond acceptors (Lipinski definition) is 5. The number of hydrogen-bond donors (Lipinski definition) is 1. The van der Waals surface area contributed by atoms with E-state index in [2.05, 4.69) is 22.1 Å². The van der Waals surface area contributed by atoms with Gasteiger partial charge in [-0.25, -0.2) is 0 Å². The summed E-state index contributed by atoms with van der Waals surface area (Å²) in [7, 11) is 0. The third-order valence-corrected chi connectivity index (χ3v) is 7.20. The van der Waals surface area contributed by atoms with Crippen molar-refractivity contribution in [1.29, 1.82) is 0 Å². The molecular weight excluding hydrogens is 462 g/mol. The molecule has 0 saturated carbocycles. The second-order valence-corrected chi connectivity index (χ2v) is 10.1. The van der Waals surface area contributed by atoms with E-state index in [0.29, 0.717) is 26.1 Å². The minimum absolute atomic E-state index is 0.299. The SMILES string of the molecule is Cc1ccn(CCCOc2ccc(CN3CCC(O)(COc4cc(C)c(Cl)c(C)c4)CC3)cc2)n1. The molecule has 4 rings (SSSR count). The maximum atomic E-state index is 11.0. The predicted octanol–water partition coefficient (Wildman–Crippen LogP) is 5.34. The first-order valence-electron chi connectivity index (χ1n) is 12.4. The first kappa shape index (κ1) is 25.5. The molecule has 1 aliphatic rings. The molecular formula is C28H36ClN3O3. The largest absolute Gasteiger partial charge is 0.494 e. The minimum Gasteiger partial charge on any atom is -0.494 e. The van der Waals surface area contributed by atoms with Crippen LogP contribution in [0.3, 0.4) is 0 Å². The lowest BCUT2D eigenvalue weighted by Crippen LogP contribution is -2.47. The zero-order valence-electron chi connectivity index (χ0n) is 21.0. The lowest BCUT2D eigenvalue weighted by atomic mass is 9.92. The molecule has 0 unspecified atom stereocenters. The van der Waals surface area contributed by atoms with E-state index in [9.17, 15) is 5.11 Å². The lowest BCUT2D eigenvalue weighted by molar-refractivity contribution is -0.0537. The average molecular weight is 498 g/mol. The Hall–Kier alpha value is -2.54. The number of aryl methyl sites for hydroxylation is 4. The van der Waals surface area contributed by atoms with Crippen LogP contribution in [0, 0.1) is 20.8 Å². The van der Waals surface area contributed by atoms with Crippen molar-refractivity contribution in [2.45, 2.75) is 58.7 Å². The number of benzene rings is 2. The highest BCUT2D eigenvalue weighted by atomic mass is 35.5. The molecule has 2 aromatic carbocycles. The fraction of sp³-hybridized carbons (Fsp3) is 0.464. The second kappa shape index (κ2) is 11.5. The smallest absolute Gasteiger partial charge is 0.120 e. The normalized spacial score (nSPS) is 15.8. The summed E-state index contributed by atoms with van der Waals surface area (Å²) in [6.07, 6.45) is 4.30. The topological polar surface area (TPSA) is 59.8 Å². The van der Waals surface area contributed by atoms with E-state index in [1.165, 1.54) is 5.56 Å². The van der Waals surface area contributed by atoms with Gasteiger partial charge >= 0.3 is 0 Å². The maximum absolute atomic E-state index is 11.0. The van der Waals surface area contributed by atoms with Crippen LogP contribution in [0.25, 0.3) is 0 Å². The standard InChI is InChI=1S/C28H36ClN3O3/c1-21-17-26(18-22(2)27(21)29)35-20-28(33)10-14-31(15-11-28)19-24-5-7-25(8-6-24)34-16-4-12-32-13-9-23(3)30-32/h5-9,13,17-18,33H,4,10-12,14-16,19-20H2,1-3H3. The van der Waals surface area contributed by atoms with E-state index in [-0.39, 0.29) is 0 Å². The molecule has 1 N–H and O–H groups in total. The minimum atomic E-state index is -0.801. The fourth-order valence-electron chi connectivity index (χ4n) is 4.43. The van der Waals surface area contributed by atoms with Gasteiger partial charge in [0.2, 0.25) is 0 Å². The van der Waals surface area contributed by atoms with Crippen molar-refractivity contribution in [3.05, 3.63) is 76.1 Å². The molecule has 188 valence electrons. The summed E-state index contributed by atoms with van der Waals surface area (Å²) in [6, 6.07) is 14.2. The molecule has 0 amide bonds. The molecule has 0 bridgehead atoms. The highest BCUT2D eigenvalue weighted by Crippen LogP contribution is 2.29. The van der Waals surface area contributed by atoms with Gasteiger partial charge in [0.05, 0.1) is 12.3 Å². The molecule has 7 heteroatoms. The van der Waals surface area contributed by atoms with Gasteiger partial charge in [-0.1, -0.05) is 23.7 Å². The van der Waals surface area contributed by atoms with Crippen LogP contribution in [-0.2, 0) is 13.1 Å². The molecule has 1 saturated heterocycles.